The molecule has 20 heavy (non-hydrogen) atoms. The number of benzene rings is 1. The molecule has 8 nitrogen and oxygen atoms in total. The Hall–Kier alpha value is -2.55. The number of aliphatic carboxylic acids is 1. The third-order valence-corrected chi connectivity index (χ3v) is 2.39. The summed E-state index contributed by atoms with van der Waals surface area (Å²) in [5.41, 5.74) is -1.04. The molecule has 0 radical (unpaired) electrons. The molecule has 3 N–H and O–H groups in total. The fourth-order valence-electron chi connectivity index (χ4n) is 1.39. The van der Waals surface area contributed by atoms with Crippen LogP contribution in [0.1, 0.15) is 16.8 Å². The quantitative estimate of drug-likeness (QED) is 0.509. The summed E-state index contributed by atoms with van der Waals surface area (Å²) in [7, 11) is 0. The molecule has 0 saturated carbocycles. The molecule has 0 saturated heterocycles. The van der Waals surface area contributed by atoms with E-state index < -0.39 is 40.0 Å². The Bertz CT molecular complexity index is 548. The highest BCUT2D eigenvalue weighted by Gasteiger charge is 2.21. The van der Waals surface area contributed by atoms with Gasteiger partial charge in [-0.1, -0.05) is 0 Å². The third kappa shape index (κ3) is 3.99. The number of aliphatic hydroxyl groups excluding tert-OH is 1. The number of rotatable bonds is 6. The molecule has 0 aliphatic carbocycles. The van der Waals surface area contributed by atoms with Crippen LogP contribution in [-0.4, -0.2) is 39.7 Å². The van der Waals surface area contributed by atoms with Crippen molar-refractivity contribution in [2.75, 3.05) is 6.54 Å². The molecule has 0 aliphatic rings. The standard InChI is InChI=1S/C11H11FN2O6/c12-6-1-2-8(14(19)20)7(5-6)10(16)13-4-3-9(15)11(17)18/h1-2,5,9,15H,3-4H2,(H,13,16)(H,17,18)/t9-/m0/s1. The van der Waals surface area contributed by atoms with Gasteiger partial charge in [0.05, 0.1) is 4.92 Å². The van der Waals surface area contributed by atoms with E-state index in [1.807, 2.05) is 0 Å². The lowest BCUT2D eigenvalue weighted by atomic mass is 10.1. The molecule has 9 heteroatoms. The van der Waals surface area contributed by atoms with Crippen molar-refractivity contribution in [1.82, 2.24) is 5.32 Å². The monoisotopic (exact) mass is 286 g/mol. The minimum Gasteiger partial charge on any atom is -0.479 e. The predicted octanol–water partition coefficient (Wildman–Crippen LogP) is 0.299. The average Bonchev–Trinajstić information content (AvgIpc) is 2.37. The fourth-order valence-corrected chi connectivity index (χ4v) is 1.39. The van der Waals surface area contributed by atoms with E-state index in [2.05, 4.69) is 5.32 Å². The van der Waals surface area contributed by atoms with Crippen molar-refractivity contribution in [2.24, 2.45) is 0 Å². The first kappa shape index (κ1) is 15.5. The Balaban J connectivity index is 2.75. The lowest BCUT2D eigenvalue weighted by Crippen LogP contribution is -2.30. The highest BCUT2D eigenvalue weighted by molar-refractivity contribution is 5.98. The third-order valence-electron chi connectivity index (χ3n) is 2.39. The van der Waals surface area contributed by atoms with Crippen LogP contribution < -0.4 is 5.32 Å². The van der Waals surface area contributed by atoms with Crippen LogP contribution in [0.3, 0.4) is 0 Å². The molecule has 1 rings (SSSR count). The number of carbonyl (C=O) groups is 2. The minimum atomic E-state index is -1.65. The second-order valence-electron chi connectivity index (χ2n) is 3.82. The molecule has 108 valence electrons. The second-order valence-corrected chi connectivity index (χ2v) is 3.82. The van der Waals surface area contributed by atoms with Crippen LogP contribution in [0.2, 0.25) is 0 Å². The SMILES string of the molecule is O=C(NCC[C@H](O)C(=O)O)c1cc(F)ccc1[N+](=O)[O-]. The normalized spacial score (nSPS) is 11.7. The number of aliphatic hydroxyl groups is 1. The van der Waals surface area contributed by atoms with Crippen molar-refractivity contribution < 1.29 is 29.1 Å². The molecule has 0 unspecified atom stereocenters. The number of halogens is 1. The van der Waals surface area contributed by atoms with Crippen LogP contribution in [0.15, 0.2) is 18.2 Å². The Morgan fingerprint density at radius 3 is 2.65 bits per heavy atom. The van der Waals surface area contributed by atoms with E-state index in [1.54, 1.807) is 0 Å². The molecule has 1 aromatic carbocycles. The van der Waals surface area contributed by atoms with E-state index in [0.717, 1.165) is 12.1 Å². The van der Waals surface area contributed by atoms with E-state index in [0.29, 0.717) is 6.07 Å². The maximum atomic E-state index is 13.0. The highest BCUT2D eigenvalue weighted by atomic mass is 19.1. The van der Waals surface area contributed by atoms with Gasteiger partial charge in [-0.25, -0.2) is 9.18 Å². The molecule has 0 aliphatic heterocycles. The van der Waals surface area contributed by atoms with E-state index in [-0.39, 0.29) is 13.0 Å². The maximum Gasteiger partial charge on any atom is 0.332 e. The lowest BCUT2D eigenvalue weighted by Gasteiger charge is -2.07. The molecule has 0 fully saturated rings. The first-order valence-electron chi connectivity index (χ1n) is 5.46. The van der Waals surface area contributed by atoms with Gasteiger partial charge in [0.1, 0.15) is 11.4 Å². The summed E-state index contributed by atoms with van der Waals surface area (Å²) in [5.74, 6) is -3.18. The van der Waals surface area contributed by atoms with Crippen LogP contribution in [0.4, 0.5) is 10.1 Å². The number of nitro groups is 1. The van der Waals surface area contributed by atoms with E-state index in [4.69, 9.17) is 10.2 Å². The van der Waals surface area contributed by atoms with Gasteiger partial charge in [0.25, 0.3) is 11.6 Å². The van der Waals surface area contributed by atoms with Gasteiger partial charge in [0.2, 0.25) is 0 Å². The maximum absolute atomic E-state index is 13.0. The number of hydrogen-bond donors (Lipinski definition) is 3. The van der Waals surface area contributed by atoms with Gasteiger partial charge >= 0.3 is 5.97 Å². The van der Waals surface area contributed by atoms with Gasteiger partial charge in [-0.3, -0.25) is 14.9 Å². The second kappa shape index (κ2) is 6.57. The van der Waals surface area contributed by atoms with Gasteiger partial charge in [0, 0.05) is 19.0 Å². The van der Waals surface area contributed by atoms with Crippen molar-refractivity contribution in [2.45, 2.75) is 12.5 Å². The van der Waals surface area contributed by atoms with E-state index >= 15 is 0 Å². The number of nitro benzene ring substituents is 1. The van der Waals surface area contributed by atoms with Crippen LogP contribution in [0.5, 0.6) is 0 Å². The average molecular weight is 286 g/mol. The predicted molar refractivity (Wildman–Crippen MR) is 63.6 cm³/mol. The zero-order chi connectivity index (χ0) is 15.3. The van der Waals surface area contributed by atoms with Gasteiger partial charge < -0.3 is 15.5 Å². The summed E-state index contributed by atoms with van der Waals surface area (Å²) in [6.07, 6.45) is -1.93. The summed E-state index contributed by atoms with van der Waals surface area (Å²) in [6, 6.07) is 2.42. The Kier molecular flexibility index (Phi) is 5.09. The van der Waals surface area contributed by atoms with Crippen molar-refractivity contribution in [1.29, 1.82) is 0 Å². The molecule has 1 amide bonds. The first-order valence-corrected chi connectivity index (χ1v) is 5.46. The zero-order valence-corrected chi connectivity index (χ0v) is 10.1. The van der Waals surface area contributed by atoms with Gasteiger partial charge in [0.15, 0.2) is 6.10 Å². The van der Waals surface area contributed by atoms with E-state index in [1.165, 1.54) is 0 Å². The molecule has 0 spiro atoms. The van der Waals surface area contributed by atoms with Crippen molar-refractivity contribution in [3.05, 3.63) is 39.7 Å². The number of nitrogens with one attached hydrogen (secondary N) is 1. The number of carboxylic acids is 1. The number of nitrogens with zero attached hydrogens (tertiary/aromatic N) is 1. The van der Waals surface area contributed by atoms with Gasteiger partial charge in [-0.05, 0) is 12.1 Å². The van der Waals surface area contributed by atoms with Crippen LogP contribution in [-0.2, 0) is 4.79 Å². The summed E-state index contributed by atoms with van der Waals surface area (Å²) < 4.78 is 13.0. The van der Waals surface area contributed by atoms with E-state index in [9.17, 15) is 24.1 Å². The fraction of sp³-hybridized carbons (Fsp3) is 0.273. The molecular weight excluding hydrogens is 275 g/mol. The van der Waals surface area contributed by atoms with Crippen LogP contribution in [0, 0.1) is 15.9 Å². The largest absolute Gasteiger partial charge is 0.479 e. The van der Waals surface area contributed by atoms with Crippen molar-refractivity contribution in [3.8, 4) is 0 Å². The number of hydrogen-bond acceptors (Lipinski definition) is 5. The van der Waals surface area contributed by atoms with Gasteiger partial charge in [-0.15, -0.1) is 0 Å². The summed E-state index contributed by atoms with van der Waals surface area (Å²) >= 11 is 0. The molecule has 1 aromatic rings. The Labute approximate surface area is 112 Å². The lowest BCUT2D eigenvalue weighted by molar-refractivity contribution is -0.385. The summed E-state index contributed by atoms with van der Waals surface area (Å²) in [6.45, 7) is -0.222. The topological polar surface area (TPSA) is 130 Å². The molecule has 0 heterocycles. The van der Waals surface area contributed by atoms with Gasteiger partial charge in [-0.2, -0.15) is 0 Å². The Morgan fingerprint density at radius 2 is 2.10 bits per heavy atom. The smallest absolute Gasteiger partial charge is 0.332 e. The molecular formula is C11H11FN2O6. The van der Waals surface area contributed by atoms with Crippen LogP contribution >= 0.6 is 0 Å². The summed E-state index contributed by atoms with van der Waals surface area (Å²) in [5, 5.41) is 30.3. The van der Waals surface area contributed by atoms with Crippen molar-refractivity contribution >= 4 is 17.6 Å². The number of carboxylic acid groups (broad SMARTS) is 1. The minimum absolute atomic E-state index is 0.222. The molecule has 0 aromatic heterocycles. The number of carbonyl (C=O) groups excluding carboxylic acids is 1. The zero-order valence-electron chi connectivity index (χ0n) is 10.1. The van der Waals surface area contributed by atoms with Crippen molar-refractivity contribution in [3.63, 3.8) is 0 Å². The number of amides is 1. The van der Waals surface area contributed by atoms with Crippen LogP contribution in [0.25, 0.3) is 0 Å². The molecule has 1 atom stereocenters. The molecule has 0 bridgehead atoms. The summed E-state index contributed by atoms with van der Waals surface area (Å²) in [4.78, 5) is 31.9. The highest BCUT2D eigenvalue weighted by Crippen LogP contribution is 2.19. The first-order chi connectivity index (χ1) is 9.32. The Morgan fingerprint density at radius 1 is 1.45 bits per heavy atom.